The van der Waals surface area contributed by atoms with Crippen LogP contribution >= 0.6 is 23.2 Å². The van der Waals surface area contributed by atoms with E-state index >= 15 is 0 Å². The van der Waals surface area contributed by atoms with Crippen LogP contribution in [-0.4, -0.2) is 47.3 Å². The minimum Gasteiger partial charge on any atom is -0.481 e. The van der Waals surface area contributed by atoms with Crippen LogP contribution in [0.2, 0.25) is 10.0 Å². The molecule has 1 aliphatic heterocycles. The maximum Gasteiger partial charge on any atom is 0.304 e. The number of nitrogens with zero attached hydrogens (tertiary/aromatic N) is 1. The Kier molecular flexibility index (Phi) is 8.80. The fourth-order valence-electron chi connectivity index (χ4n) is 6.08. The molecule has 2 aromatic rings. The Morgan fingerprint density at radius 1 is 1.08 bits per heavy atom. The zero-order chi connectivity index (χ0) is 27.7. The van der Waals surface area contributed by atoms with Gasteiger partial charge in [0.25, 0.3) is 0 Å². The van der Waals surface area contributed by atoms with E-state index in [0.717, 1.165) is 17.5 Å². The molecule has 0 aromatic heterocycles. The molecule has 9 heteroatoms. The summed E-state index contributed by atoms with van der Waals surface area (Å²) in [4.78, 5) is 28.2. The topological polar surface area (TPSA) is 91.8 Å². The number of sulfone groups is 1. The van der Waals surface area contributed by atoms with Crippen LogP contribution in [-0.2, 0) is 19.4 Å². The molecule has 2 fully saturated rings. The van der Waals surface area contributed by atoms with Crippen LogP contribution in [0.5, 0.6) is 0 Å². The Balaban J connectivity index is 1.91. The number of carboxylic acid groups (broad SMARTS) is 1. The van der Waals surface area contributed by atoms with Gasteiger partial charge in [-0.1, -0.05) is 67.7 Å². The van der Waals surface area contributed by atoms with Gasteiger partial charge in [0.1, 0.15) is 0 Å². The molecule has 1 heterocycles. The number of carboxylic acids is 1. The molecule has 1 aliphatic carbocycles. The number of amides is 1. The Bertz CT molecular complexity index is 1280. The number of aliphatic carboxylic acids is 1. The lowest BCUT2D eigenvalue weighted by Crippen LogP contribution is -2.58. The molecule has 38 heavy (non-hydrogen) atoms. The minimum atomic E-state index is -3.43. The van der Waals surface area contributed by atoms with Gasteiger partial charge in [0.15, 0.2) is 9.84 Å². The van der Waals surface area contributed by atoms with Crippen molar-refractivity contribution in [2.24, 2.45) is 5.41 Å². The van der Waals surface area contributed by atoms with Crippen LogP contribution < -0.4 is 0 Å². The Labute approximate surface area is 235 Å². The number of benzene rings is 2. The van der Waals surface area contributed by atoms with Gasteiger partial charge in [0.2, 0.25) is 5.91 Å². The SMILES string of the molecule is CC[C@@H](CS(=O)(=O)C1CCC1)N1C(=O)[C@@](CC)(CC(=O)O)CC(c2cccc(Cl)c2)[C@H]1c1ccc(Cl)cc1. The van der Waals surface area contributed by atoms with Crippen molar-refractivity contribution < 1.29 is 23.1 Å². The third-order valence-corrected chi connectivity index (χ3v) is 11.3. The molecule has 6 nitrogen and oxygen atoms in total. The summed E-state index contributed by atoms with van der Waals surface area (Å²) in [7, 11) is -3.43. The highest BCUT2D eigenvalue weighted by Gasteiger charge is 2.54. The molecule has 2 aromatic carbocycles. The van der Waals surface area contributed by atoms with Crippen LogP contribution in [0.25, 0.3) is 0 Å². The summed E-state index contributed by atoms with van der Waals surface area (Å²) in [5, 5.41) is 10.6. The lowest BCUT2D eigenvalue weighted by molar-refractivity contribution is -0.161. The molecule has 0 radical (unpaired) electrons. The molecule has 2 aliphatic rings. The van der Waals surface area contributed by atoms with Crippen molar-refractivity contribution in [3.05, 3.63) is 69.7 Å². The highest BCUT2D eigenvalue weighted by atomic mass is 35.5. The summed E-state index contributed by atoms with van der Waals surface area (Å²) >= 11 is 12.6. The summed E-state index contributed by atoms with van der Waals surface area (Å²) in [6.45, 7) is 3.73. The molecular formula is C29H35Cl2NO5S. The second kappa shape index (κ2) is 11.6. The number of hydrogen-bond donors (Lipinski definition) is 1. The van der Waals surface area contributed by atoms with E-state index in [2.05, 4.69) is 0 Å². The molecule has 1 saturated heterocycles. The predicted octanol–water partition coefficient (Wildman–Crippen LogP) is 6.67. The number of rotatable bonds is 10. The lowest BCUT2D eigenvalue weighted by atomic mass is 9.65. The van der Waals surface area contributed by atoms with E-state index in [-0.39, 0.29) is 29.2 Å². The van der Waals surface area contributed by atoms with Crippen molar-refractivity contribution in [3.8, 4) is 0 Å². The molecule has 1 amide bonds. The van der Waals surface area contributed by atoms with E-state index in [1.165, 1.54) is 0 Å². The number of likely N-dealkylation sites (tertiary alicyclic amines) is 1. The summed E-state index contributed by atoms with van der Waals surface area (Å²) < 4.78 is 26.7. The Morgan fingerprint density at radius 3 is 2.29 bits per heavy atom. The van der Waals surface area contributed by atoms with Gasteiger partial charge in [-0.05, 0) is 67.5 Å². The standard InChI is InChI=1S/C29H35Cl2NO5S/c1-3-23(18-38(36,37)24-9-6-10-24)32-27(19-11-13-21(30)14-12-19)25(20-7-5-8-22(31)15-20)16-29(4-2,28(32)35)17-26(33)34/h5,7-8,11-15,23-25,27H,3-4,6,9-10,16-18H2,1-2H3,(H,33,34)/t23-,25?,27+,29+/m0/s1. The Morgan fingerprint density at radius 2 is 1.76 bits per heavy atom. The number of carbonyl (C=O) groups excluding carboxylic acids is 1. The first-order valence-electron chi connectivity index (χ1n) is 13.3. The Hall–Kier alpha value is -2.09. The van der Waals surface area contributed by atoms with Crippen molar-refractivity contribution in [1.82, 2.24) is 4.90 Å². The number of hydrogen-bond acceptors (Lipinski definition) is 4. The first-order valence-corrected chi connectivity index (χ1v) is 15.8. The molecule has 4 atom stereocenters. The average Bonchev–Trinajstić information content (AvgIpc) is 2.82. The van der Waals surface area contributed by atoms with E-state index < -0.39 is 33.3 Å². The maximum absolute atomic E-state index is 14.5. The normalized spacial score (nSPS) is 25.2. The smallest absolute Gasteiger partial charge is 0.304 e. The van der Waals surface area contributed by atoms with Crippen LogP contribution in [0.3, 0.4) is 0 Å². The van der Waals surface area contributed by atoms with Crippen LogP contribution in [0.1, 0.15) is 81.9 Å². The molecule has 1 N–H and O–H groups in total. The fraction of sp³-hybridized carbons (Fsp3) is 0.517. The molecule has 1 saturated carbocycles. The van der Waals surface area contributed by atoms with Gasteiger partial charge in [-0.15, -0.1) is 0 Å². The first kappa shape index (κ1) is 28.9. The number of halogens is 2. The van der Waals surface area contributed by atoms with Crippen molar-refractivity contribution in [3.63, 3.8) is 0 Å². The quantitative estimate of drug-likeness (QED) is 0.339. The molecule has 206 valence electrons. The van der Waals surface area contributed by atoms with Crippen molar-refractivity contribution >= 4 is 44.9 Å². The van der Waals surface area contributed by atoms with E-state index in [0.29, 0.717) is 42.1 Å². The van der Waals surface area contributed by atoms with Crippen LogP contribution in [0.4, 0.5) is 0 Å². The maximum atomic E-state index is 14.5. The fourth-order valence-corrected chi connectivity index (χ4v) is 8.67. The van der Waals surface area contributed by atoms with E-state index in [1.807, 2.05) is 44.2 Å². The summed E-state index contributed by atoms with van der Waals surface area (Å²) in [6.07, 6.45) is 2.93. The van der Waals surface area contributed by atoms with E-state index in [9.17, 15) is 23.1 Å². The molecule has 0 spiro atoms. The highest BCUT2D eigenvalue weighted by molar-refractivity contribution is 7.92. The van der Waals surface area contributed by atoms with Crippen molar-refractivity contribution in [2.45, 2.75) is 82.0 Å². The van der Waals surface area contributed by atoms with Crippen molar-refractivity contribution in [1.29, 1.82) is 0 Å². The second-order valence-corrected chi connectivity index (χ2v) is 13.9. The van der Waals surface area contributed by atoms with Gasteiger partial charge in [0.05, 0.1) is 28.9 Å². The summed E-state index contributed by atoms with van der Waals surface area (Å²) in [5.41, 5.74) is 0.539. The van der Waals surface area contributed by atoms with Gasteiger partial charge in [-0.3, -0.25) is 9.59 Å². The second-order valence-electron chi connectivity index (χ2n) is 10.7. The number of piperidine rings is 1. The van der Waals surface area contributed by atoms with Crippen LogP contribution in [0.15, 0.2) is 48.5 Å². The molecule has 4 rings (SSSR count). The average molecular weight is 581 g/mol. The monoisotopic (exact) mass is 579 g/mol. The third kappa shape index (κ3) is 5.75. The molecular weight excluding hydrogens is 545 g/mol. The van der Waals surface area contributed by atoms with Gasteiger partial charge in [-0.25, -0.2) is 8.42 Å². The van der Waals surface area contributed by atoms with Gasteiger partial charge in [-0.2, -0.15) is 0 Å². The molecule has 0 bridgehead atoms. The lowest BCUT2D eigenvalue weighted by Gasteiger charge is -2.53. The van der Waals surface area contributed by atoms with Gasteiger partial charge in [0, 0.05) is 22.0 Å². The van der Waals surface area contributed by atoms with Gasteiger partial charge < -0.3 is 10.0 Å². The highest BCUT2D eigenvalue weighted by Crippen LogP contribution is 2.53. The summed E-state index contributed by atoms with van der Waals surface area (Å²) in [6, 6.07) is 13.6. The zero-order valence-corrected chi connectivity index (χ0v) is 24.1. The van der Waals surface area contributed by atoms with Crippen LogP contribution in [0, 0.1) is 5.41 Å². The molecule has 1 unspecified atom stereocenters. The van der Waals surface area contributed by atoms with E-state index in [1.54, 1.807) is 23.1 Å². The zero-order valence-electron chi connectivity index (χ0n) is 21.8. The number of carbonyl (C=O) groups is 2. The predicted molar refractivity (Wildman–Crippen MR) is 150 cm³/mol. The van der Waals surface area contributed by atoms with E-state index in [4.69, 9.17) is 23.2 Å². The van der Waals surface area contributed by atoms with Gasteiger partial charge >= 0.3 is 5.97 Å². The van der Waals surface area contributed by atoms with Crippen molar-refractivity contribution in [2.75, 3.05) is 5.75 Å². The largest absolute Gasteiger partial charge is 0.481 e. The first-order chi connectivity index (χ1) is 18.0. The minimum absolute atomic E-state index is 0.140. The summed E-state index contributed by atoms with van der Waals surface area (Å²) in [5.74, 6) is -1.78. The third-order valence-electron chi connectivity index (χ3n) is 8.48.